The first kappa shape index (κ1) is 20.5. The second-order valence-electron chi connectivity index (χ2n) is 7.43. The van der Waals surface area contributed by atoms with Gasteiger partial charge in [-0.3, -0.25) is 19.0 Å². The number of para-hydroxylation sites is 1. The van der Waals surface area contributed by atoms with Crippen LogP contribution in [-0.4, -0.2) is 22.4 Å². The molecular formula is C23H19F2N3O3. The minimum atomic E-state index is -0.926. The lowest BCUT2D eigenvalue weighted by Crippen LogP contribution is -2.25. The number of aromatic nitrogens is 1. The minimum absolute atomic E-state index is 0.0227. The number of hydrogen-bond acceptors (Lipinski definition) is 3. The number of benzene rings is 2. The van der Waals surface area contributed by atoms with Gasteiger partial charge in [-0.1, -0.05) is 12.1 Å². The van der Waals surface area contributed by atoms with Crippen LogP contribution in [0.15, 0.2) is 59.5 Å². The zero-order chi connectivity index (χ0) is 22.1. The molecule has 2 aromatic carbocycles. The van der Waals surface area contributed by atoms with E-state index in [1.807, 2.05) is 0 Å². The summed E-state index contributed by atoms with van der Waals surface area (Å²) in [6, 6.07) is 10.7. The molecule has 0 radical (unpaired) electrons. The van der Waals surface area contributed by atoms with Gasteiger partial charge in [-0.2, -0.15) is 0 Å². The van der Waals surface area contributed by atoms with Crippen LogP contribution >= 0.6 is 0 Å². The molecule has 0 bridgehead atoms. The maximum absolute atomic E-state index is 14.1. The van der Waals surface area contributed by atoms with Gasteiger partial charge in [0.15, 0.2) is 0 Å². The standard InChI is InChI=1S/C23H19F2N3O3/c1-13-5-6-14(22(30)26-16-8-9-16)11-19(13)27-23(31)15-7-10-20(29)28(12-15)21-17(24)3-2-4-18(21)25/h2-7,10-12,16H,8-9H2,1H3,(H,26,30)(H,27,31). The van der Waals surface area contributed by atoms with Crippen molar-refractivity contribution in [2.45, 2.75) is 25.8 Å². The molecule has 1 fully saturated rings. The van der Waals surface area contributed by atoms with E-state index in [0.717, 1.165) is 47.4 Å². The Hall–Kier alpha value is -3.81. The molecule has 1 aliphatic rings. The fourth-order valence-electron chi connectivity index (χ4n) is 3.10. The molecule has 158 valence electrons. The first-order chi connectivity index (χ1) is 14.8. The molecule has 2 amide bonds. The molecule has 8 heteroatoms. The van der Waals surface area contributed by atoms with Crippen molar-refractivity contribution in [3.8, 4) is 5.69 Å². The van der Waals surface area contributed by atoms with E-state index in [-0.39, 0.29) is 17.5 Å². The topological polar surface area (TPSA) is 80.2 Å². The van der Waals surface area contributed by atoms with Crippen LogP contribution in [0.3, 0.4) is 0 Å². The summed E-state index contributed by atoms with van der Waals surface area (Å²) in [5.74, 6) is -2.66. The predicted octanol–water partition coefficient (Wildman–Crippen LogP) is 3.57. The number of nitrogens with one attached hydrogen (secondary N) is 2. The summed E-state index contributed by atoms with van der Waals surface area (Å²) in [7, 11) is 0. The summed E-state index contributed by atoms with van der Waals surface area (Å²) in [6.45, 7) is 1.77. The Morgan fingerprint density at radius 1 is 0.968 bits per heavy atom. The van der Waals surface area contributed by atoms with Crippen LogP contribution in [0.1, 0.15) is 39.1 Å². The van der Waals surface area contributed by atoms with Crippen LogP contribution in [0, 0.1) is 18.6 Å². The molecule has 0 atom stereocenters. The lowest BCUT2D eigenvalue weighted by Gasteiger charge is -2.13. The Balaban J connectivity index is 1.62. The quantitative estimate of drug-likeness (QED) is 0.659. The van der Waals surface area contributed by atoms with Gasteiger partial charge in [0.05, 0.1) is 5.56 Å². The fourth-order valence-corrected chi connectivity index (χ4v) is 3.10. The van der Waals surface area contributed by atoms with Crippen molar-refractivity contribution in [1.29, 1.82) is 0 Å². The van der Waals surface area contributed by atoms with Crippen molar-refractivity contribution in [3.05, 3.63) is 93.4 Å². The third-order valence-electron chi connectivity index (χ3n) is 5.01. The Bertz CT molecular complexity index is 1230. The van der Waals surface area contributed by atoms with Gasteiger partial charge < -0.3 is 10.6 Å². The van der Waals surface area contributed by atoms with Gasteiger partial charge in [0.2, 0.25) is 0 Å². The van der Waals surface area contributed by atoms with E-state index in [2.05, 4.69) is 10.6 Å². The number of aryl methyl sites for hydroxylation is 1. The SMILES string of the molecule is Cc1ccc(C(=O)NC2CC2)cc1NC(=O)c1ccc(=O)n(-c2c(F)cccc2F)c1. The van der Waals surface area contributed by atoms with Gasteiger partial charge in [-0.05, 0) is 55.7 Å². The number of pyridine rings is 1. The maximum Gasteiger partial charge on any atom is 0.257 e. The normalized spacial score (nSPS) is 13.0. The van der Waals surface area contributed by atoms with Crippen molar-refractivity contribution in [3.63, 3.8) is 0 Å². The van der Waals surface area contributed by atoms with Gasteiger partial charge in [0.25, 0.3) is 17.4 Å². The van der Waals surface area contributed by atoms with Gasteiger partial charge >= 0.3 is 0 Å². The van der Waals surface area contributed by atoms with Crippen molar-refractivity contribution < 1.29 is 18.4 Å². The Kier molecular flexibility index (Phi) is 5.37. The Morgan fingerprint density at radius 3 is 2.32 bits per heavy atom. The van der Waals surface area contributed by atoms with E-state index in [4.69, 9.17) is 0 Å². The van der Waals surface area contributed by atoms with Crippen molar-refractivity contribution in [2.24, 2.45) is 0 Å². The summed E-state index contributed by atoms with van der Waals surface area (Å²) >= 11 is 0. The first-order valence-electron chi connectivity index (χ1n) is 9.73. The second-order valence-corrected chi connectivity index (χ2v) is 7.43. The van der Waals surface area contributed by atoms with Crippen molar-refractivity contribution in [2.75, 3.05) is 5.32 Å². The maximum atomic E-state index is 14.1. The number of carbonyl (C=O) groups excluding carboxylic acids is 2. The van der Waals surface area contributed by atoms with E-state index in [0.29, 0.717) is 11.3 Å². The number of amides is 2. The highest BCUT2D eigenvalue weighted by molar-refractivity contribution is 6.05. The summed E-state index contributed by atoms with van der Waals surface area (Å²) in [4.78, 5) is 37.2. The molecule has 6 nitrogen and oxygen atoms in total. The molecule has 1 aliphatic carbocycles. The van der Waals surface area contributed by atoms with Crippen LogP contribution in [-0.2, 0) is 0 Å². The zero-order valence-electron chi connectivity index (χ0n) is 16.6. The summed E-state index contributed by atoms with van der Waals surface area (Å²) in [5, 5.41) is 5.58. The van der Waals surface area contributed by atoms with E-state index in [1.54, 1.807) is 25.1 Å². The number of hydrogen-bond donors (Lipinski definition) is 2. The lowest BCUT2D eigenvalue weighted by molar-refractivity contribution is 0.0949. The smallest absolute Gasteiger partial charge is 0.257 e. The van der Waals surface area contributed by atoms with E-state index < -0.39 is 28.8 Å². The third-order valence-corrected chi connectivity index (χ3v) is 5.01. The molecular weight excluding hydrogens is 404 g/mol. The molecule has 1 saturated carbocycles. The first-order valence-corrected chi connectivity index (χ1v) is 9.73. The average molecular weight is 423 g/mol. The Morgan fingerprint density at radius 2 is 1.65 bits per heavy atom. The zero-order valence-corrected chi connectivity index (χ0v) is 16.6. The lowest BCUT2D eigenvalue weighted by atomic mass is 10.1. The highest BCUT2D eigenvalue weighted by Crippen LogP contribution is 2.22. The van der Waals surface area contributed by atoms with E-state index in [9.17, 15) is 23.2 Å². The Labute approximate surface area is 176 Å². The molecule has 0 unspecified atom stereocenters. The summed E-state index contributed by atoms with van der Waals surface area (Å²) in [5.41, 5.74) is 0.335. The highest BCUT2D eigenvalue weighted by Gasteiger charge is 2.24. The minimum Gasteiger partial charge on any atom is -0.349 e. The highest BCUT2D eigenvalue weighted by atomic mass is 19.1. The second kappa shape index (κ2) is 8.14. The molecule has 0 spiro atoms. The number of nitrogens with zero attached hydrogens (tertiary/aromatic N) is 1. The fraction of sp³-hybridized carbons (Fsp3) is 0.174. The molecule has 0 saturated heterocycles. The molecule has 3 aromatic rings. The summed E-state index contributed by atoms with van der Waals surface area (Å²) < 4.78 is 29.0. The van der Waals surface area contributed by atoms with Crippen LogP contribution in [0.4, 0.5) is 14.5 Å². The average Bonchev–Trinajstić information content (AvgIpc) is 3.54. The van der Waals surface area contributed by atoms with Gasteiger partial charge in [-0.15, -0.1) is 0 Å². The molecule has 1 heterocycles. The van der Waals surface area contributed by atoms with Gasteiger partial charge in [0.1, 0.15) is 17.3 Å². The molecule has 1 aromatic heterocycles. The largest absolute Gasteiger partial charge is 0.349 e. The monoisotopic (exact) mass is 423 g/mol. The number of carbonyl (C=O) groups is 2. The van der Waals surface area contributed by atoms with Crippen LogP contribution in [0.5, 0.6) is 0 Å². The summed E-state index contributed by atoms with van der Waals surface area (Å²) in [6.07, 6.45) is 3.00. The molecule has 4 rings (SSSR count). The van der Waals surface area contributed by atoms with Gasteiger partial charge in [-0.25, -0.2) is 8.78 Å². The van der Waals surface area contributed by atoms with E-state index in [1.165, 1.54) is 12.1 Å². The number of halogens is 2. The molecule has 31 heavy (non-hydrogen) atoms. The third kappa shape index (κ3) is 4.37. The number of rotatable bonds is 5. The van der Waals surface area contributed by atoms with Crippen LogP contribution < -0.4 is 16.2 Å². The van der Waals surface area contributed by atoms with Crippen molar-refractivity contribution in [1.82, 2.24) is 9.88 Å². The number of anilines is 1. The van der Waals surface area contributed by atoms with Gasteiger partial charge in [0, 0.05) is 29.6 Å². The van der Waals surface area contributed by atoms with E-state index >= 15 is 0 Å². The van der Waals surface area contributed by atoms with Crippen molar-refractivity contribution >= 4 is 17.5 Å². The van der Waals surface area contributed by atoms with Crippen LogP contribution in [0.25, 0.3) is 5.69 Å². The molecule has 2 N–H and O–H groups in total. The molecule has 0 aliphatic heterocycles. The predicted molar refractivity (Wildman–Crippen MR) is 112 cm³/mol. The van der Waals surface area contributed by atoms with Crippen LogP contribution in [0.2, 0.25) is 0 Å².